The monoisotopic (exact) mass is 293 g/mol. The number of carbonyl (C=O) groups excluding carboxylic acids is 3. The van der Waals surface area contributed by atoms with Crippen molar-refractivity contribution in [1.29, 1.82) is 0 Å². The Balaban J connectivity index is 1.77. The Labute approximate surface area is 124 Å². The maximum atomic E-state index is 12.3. The lowest BCUT2D eigenvalue weighted by Gasteiger charge is -2.34. The molecule has 0 radical (unpaired) electrons. The van der Waals surface area contributed by atoms with Gasteiger partial charge in [0.2, 0.25) is 11.8 Å². The van der Waals surface area contributed by atoms with Crippen molar-refractivity contribution in [3.8, 4) is 0 Å². The summed E-state index contributed by atoms with van der Waals surface area (Å²) in [5, 5.41) is 5.42. The molecular formula is C15H23N3O3. The van der Waals surface area contributed by atoms with E-state index in [1.54, 1.807) is 4.90 Å². The topological polar surface area (TPSA) is 78.5 Å². The zero-order valence-corrected chi connectivity index (χ0v) is 12.3. The molecule has 3 aliphatic rings. The Hall–Kier alpha value is -1.59. The van der Waals surface area contributed by atoms with Crippen LogP contribution in [0.3, 0.4) is 0 Å². The fourth-order valence-electron chi connectivity index (χ4n) is 3.85. The summed E-state index contributed by atoms with van der Waals surface area (Å²) in [7, 11) is 0. The summed E-state index contributed by atoms with van der Waals surface area (Å²) in [6.45, 7) is 0. The second kappa shape index (κ2) is 6.03. The molecule has 3 unspecified atom stereocenters. The van der Waals surface area contributed by atoms with E-state index >= 15 is 0 Å². The Morgan fingerprint density at radius 1 is 0.905 bits per heavy atom. The molecule has 2 aliphatic heterocycles. The van der Waals surface area contributed by atoms with Gasteiger partial charge in [-0.15, -0.1) is 0 Å². The molecule has 3 atom stereocenters. The molecule has 4 amide bonds. The molecular weight excluding hydrogens is 270 g/mol. The average Bonchev–Trinajstić information content (AvgIpc) is 2.78. The van der Waals surface area contributed by atoms with E-state index in [1.807, 2.05) is 0 Å². The van der Waals surface area contributed by atoms with Crippen molar-refractivity contribution in [2.75, 3.05) is 0 Å². The van der Waals surface area contributed by atoms with Crippen molar-refractivity contribution in [2.45, 2.75) is 75.9 Å². The number of hydrogen-bond donors (Lipinski definition) is 2. The Kier molecular flexibility index (Phi) is 4.12. The molecule has 21 heavy (non-hydrogen) atoms. The molecule has 0 aromatic rings. The van der Waals surface area contributed by atoms with Crippen LogP contribution >= 0.6 is 0 Å². The Morgan fingerprint density at radius 3 is 2.38 bits per heavy atom. The van der Waals surface area contributed by atoms with Crippen LogP contribution in [0.4, 0.5) is 4.79 Å². The highest BCUT2D eigenvalue weighted by Crippen LogP contribution is 2.29. The molecule has 1 saturated carbocycles. The number of piperidine rings is 1. The maximum absolute atomic E-state index is 12.3. The van der Waals surface area contributed by atoms with Gasteiger partial charge in [-0.05, 0) is 19.3 Å². The summed E-state index contributed by atoms with van der Waals surface area (Å²) in [4.78, 5) is 37.4. The van der Waals surface area contributed by atoms with E-state index in [4.69, 9.17) is 0 Å². The highest BCUT2D eigenvalue weighted by molar-refractivity contribution is 6.01. The smallest absolute Gasteiger partial charge is 0.318 e. The molecule has 6 heteroatoms. The van der Waals surface area contributed by atoms with Crippen LogP contribution in [0.2, 0.25) is 0 Å². The van der Waals surface area contributed by atoms with Crippen LogP contribution in [-0.2, 0) is 9.59 Å². The standard InChI is InChI=1S/C15H23N3O3/c19-13-9-8-12(14(20)17-13)18-11-7-5-3-1-2-4-6-10(11)16-15(18)21/h10-12H,1-9H2,(H,16,21)(H,17,19,20). The minimum atomic E-state index is -0.488. The highest BCUT2D eigenvalue weighted by atomic mass is 16.2. The fraction of sp³-hybridized carbons (Fsp3) is 0.800. The van der Waals surface area contributed by atoms with Gasteiger partial charge in [-0.25, -0.2) is 4.79 Å². The number of carbonyl (C=O) groups is 3. The zero-order chi connectivity index (χ0) is 14.8. The number of imide groups is 1. The summed E-state index contributed by atoms with van der Waals surface area (Å²) >= 11 is 0. The van der Waals surface area contributed by atoms with Gasteiger partial charge >= 0.3 is 6.03 Å². The minimum Gasteiger partial charge on any atom is -0.333 e. The van der Waals surface area contributed by atoms with Crippen LogP contribution in [-0.4, -0.2) is 40.9 Å². The lowest BCUT2D eigenvalue weighted by atomic mass is 9.96. The summed E-state index contributed by atoms with van der Waals surface area (Å²) in [6.07, 6.45) is 8.59. The van der Waals surface area contributed by atoms with Crippen molar-refractivity contribution in [1.82, 2.24) is 15.5 Å². The van der Waals surface area contributed by atoms with Gasteiger partial charge in [0, 0.05) is 6.42 Å². The third-order valence-corrected chi connectivity index (χ3v) is 4.93. The lowest BCUT2D eigenvalue weighted by molar-refractivity contribution is -0.137. The number of hydrogen-bond acceptors (Lipinski definition) is 3. The maximum Gasteiger partial charge on any atom is 0.318 e. The first-order chi connectivity index (χ1) is 10.2. The largest absolute Gasteiger partial charge is 0.333 e. The van der Waals surface area contributed by atoms with Gasteiger partial charge in [-0.3, -0.25) is 14.9 Å². The lowest BCUT2D eigenvalue weighted by Crippen LogP contribution is -2.55. The SMILES string of the molecule is O=C1CCC(N2C(=O)NC3CCCCCCCC32)C(=O)N1. The van der Waals surface area contributed by atoms with Crippen LogP contribution < -0.4 is 10.6 Å². The Morgan fingerprint density at radius 2 is 1.62 bits per heavy atom. The van der Waals surface area contributed by atoms with E-state index in [2.05, 4.69) is 10.6 Å². The van der Waals surface area contributed by atoms with Gasteiger partial charge < -0.3 is 10.2 Å². The molecule has 0 aromatic heterocycles. The first-order valence-corrected chi connectivity index (χ1v) is 8.09. The first-order valence-electron chi connectivity index (χ1n) is 8.09. The third-order valence-electron chi connectivity index (χ3n) is 4.93. The van der Waals surface area contributed by atoms with Gasteiger partial charge in [0.1, 0.15) is 6.04 Å². The van der Waals surface area contributed by atoms with E-state index in [1.165, 1.54) is 19.3 Å². The molecule has 2 saturated heterocycles. The first kappa shape index (κ1) is 14.4. The minimum absolute atomic E-state index is 0.0968. The van der Waals surface area contributed by atoms with Crippen molar-refractivity contribution in [2.24, 2.45) is 0 Å². The molecule has 3 fully saturated rings. The average molecular weight is 293 g/mol. The fourth-order valence-corrected chi connectivity index (χ4v) is 3.85. The molecule has 1 aliphatic carbocycles. The summed E-state index contributed by atoms with van der Waals surface area (Å²) < 4.78 is 0. The predicted octanol–water partition coefficient (Wildman–Crippen LogP) is 1.30. The molecule has 0 spiro atoms. The molecule has 3 rings (SSSR count). The van der Waals surface area contributed by atoms with E-state index in [9.17, 15) is 14.4 Å². The normalized spacial score (nSPS) is 34.4. The molecule has 6 nitrogen and oxygen atoms in total. The molecule has 116 valence electrons. The van der Waals surface area contributed by atoms with Gasteiger partial charge in [-0.2, -0.15) is 0 Å². The summed E-state index contributed by atoms with van der Waals surface area (Å²) in [6, 6.07) is -0.376. The Bertz CT molecular complexity index is 451. The van der Waals surface area contributed by atoms with E-state index in [-0.39, 0.29) is 29.9 Å². The van der Waals surface area contributed by atoms with E-state index in [0.29, 0.717) is 12.8 Å². The van der Waals surface area contributed by atoms with Crippen LogP contribution in [0, 0.1) is 0 Å². The van der Waals surface area contributed by atoms with Crippen LogP contribution in [0.5, 0.6) is 0 Å². The zero-order valence-electron chi connectivity index (χ0n) is 12.3. The summed E-state index contributed by atoms with van der Waals surface area (Å²) in [5.41, 5.74) is 0. The van der Waals surface area contributed by atoms with Gasteiger partial charge in [0.05, 0.1) is 12.1 Å². The number of fused-ring (bicyclic) bond motifs is 1. The number of nitrogens with zero attached hydrogens (tertiary/aromatic N) is 1. The van der Waals surface area contributed by atoms with Crippen molar-refractivity contribution in [3.05, 3.63) is 0 Å². The second-order valence-electron chi connectivity index (χ2n) is 6.34. The van der Waals surface area contributed by atoms with Crippen molar-refractivity contribution in [3.63, 3.8) is 0 Å². The van der Waals surface area contributed by atoms with Gasteiger partial charge in [0.25, 0.3) is 0 Å². The molecule has 0 bridgehead atoms. The van der Waals surface area contributed by atoms with Crippen LogP contribution in [0.1, 0.15) is 57.8 Å². The second-order valence-corrected chi connectivity index (χ2v) is 6.34. The number of amides is 4. The van der Waals surface area contributed by atoms with E-state index in [0.717, 1.165) is 25.7 Å². The molecule has 2 heterocycles. The molecule has 0 aromatic carbocycles. The number of nitrogens with one attached hydrogen (secondary N) is 2. The summed E-state index contributed by atoms with van der Waals surface area (Å²) in [5.74, 6) is -0.552. The number of rotatable bonds is 1. The van der Waals surface area contributed by atoms with Crippen LogP contribution in [0.15, 0.2) is 0 Å². The van der Waals surface area contributed by atoms with Gasteiger partial charge in [-0.1, -0.05) is 32.1 Å². The van der Waals surface area contributed by atoms with E-state index < -0.39 is 6.04 Å². The van der Waals surface area contributed by atoms with Crippen molar-refractivity contribution >= 4 is 17.8 Å². The van der Waals surface area contributed by atoms with Crippen molar-refractivity contribution < 1.29 is 14.4 Å². The van der Waals surface area contributed by atoms with Crippen LogP contribution in [0.25, 0.3) is 0 Å². The third kappa shape index (κ3) is 2.89. The molecule has 2 N–H and O–H groups in total. The number of urea groups is 1. The predicted molar refractivity (Wildman–Crippen MR) is 76.4 cm³/mol. The quantitative estimate of drug-likeness (QED) is 0.715. The van der Waals surface area contributed by atoms with Gasteiger partial charge in [0.15, 0.2) is 0 Å². The highest BCUT2D eigenvalue weighted by Gasteiger charge is 2.45.